The number of nitrogens with one attached hydrogen (secondary N) is 2. The maximum Gasteiger partial charge on any atom is 0.332 e. The monoisotopic (exact) mass is 393 g/mol. The molecule has 1 heterocycles. The molecule has 0 aliphatic rings. The molecule has 0 aliphatic carbocycles. The fourth-order valence-electron chi connectivity index (χ4n) is 3.11. The molecule has 3 rings (SSSR count). The van der Waals surface area contributed by atoms with Crippen molar-refractivity contribution >= 4 is 11.9 Å². The molecule has 0 fully saturated rings. The number of rotatable bonds is 8. The van der Waals surface area contributed by atoms with E-state index in [0.717, 1.165) is 22.4 Å². The van der Waals surface area contributed by atoms with E-state index in [1.807, 2.05) is 54.6 Å². The van der Waals surface area contributed by atoms with E-state index in [4.69, 9.17) is 5.11 Å². The second-order valence-corrected chi connectivity index (χ2v) is 6.96. The van der Waals surface area contributed by atoms with E-state index in [9.17, 15) is 14.7 Å². The van der Waals surface area contributed by atoms with Crippen LogP contribution >= 0.6 is 0 Å². The first-order valence-corrected chi connectivity index (χ1v) is 9.30. The van der Waals surface area contributed by atoms with Crippen LogP contribution in [-0.2, 0) is 11.2 Å². The first-order chi connectivity index (χ1) is 13.9. The summed E-state index contributed by atoms with van der Waals surface area (Å²) in [5.41, 5.74) is 4.04. The summed E-state index contributed by atoms with van der Waals surface area (Å²) < 4.78 is 0. The van der Waals surface area contributed by atoms with E-state index in [0.29, 0.717) is 6.42 Å². The largest absolute Gasteiger partial charge is 0.479 e. The topological polar surface area (TPSA) is 115 Å². The molecule has 0 aliphatic heterocycles. The highest BCUT2D eigenvalue weighted by Crippen LogP contribution is 2.20. The van der Waals surface area contributed by atoms with Crippen molar-refractivity contribution in [3.63, 3.8) is 0 Å². The molecule has 0 saturated carbocycles. The van der Waals surface area contributed by atoms with Crippen LogP contribution in [0.3, 0.4) is 0 Å². The summed E-state index contributed by atoms with van der Waals surface area (Å²) in [4.78, 5) is 23.5. The predicted octanol–water partition coefficient (Wildman–Crippen LogP) is 2.56. The second-order valence-electron chi connectivity index (χ2n) is 6.96. The van der Waals surface area contributed by atoms with Crippen molar-refractivity contribution in [1.82, 2.24) is 15.5 Å². The van der Waals surface area contributed by atoms with Crippen LogP contribution in [0.1, 0.15) is 28.2 Å². The van der Waals surface area contributed by atoms with Crippen LogP contribution < -0.4 is 5.32 Å². The van der Waals surface area contributed by atoms with Crippen LogP contribution in [0.2, 0.25) is 0 Å². The van der Waals surface area contributed by atoms with Crippen molar-refractivity contribution in [3.05, 3.63) is 77.6 Å². The molecule has 2 atom stereocenters. The third kappa shape index (κ3) is 5.52. The molecule has 1 amide bonds. The van der Waals surface area contributed by atoms with Crippen LogP contribution in [0, 0.1) is 6.92 Å². The minimum Gasteiger partial charge on any atom is -0.479 e. The van der Waals surface area contributed by atoms with Gasteiger partial charge >= 0.3 is 5.97 Å². The lowest BCUT2D eigenvalue weighted by atomic mass is 9.97. The highest BCUT2D eigenvalue weighted by atomic mass is 16.4. The number of carboxylic acids is 1. The average molecular weight is 393 g/mol. The lowest BCUT2D eigenvalue weighted by Gasteiger charge is -2.20. The molecular formula is C22H23N3O4. The maximum atomic E-state index is 12.4. The van der Waals surface area contributed by atoms with Gasteiger partial charge in [-0.3, -0.25) is 9.89 Å². The van der Waals surface area contributed by atoms with Crippen LogP contribution in [0.4, 0.5) is 0 Å². The number of aliphatic hydroxyl groups is 1. The van der Waals surface area contributed by atoms with Crippen LogP contribution in [0.15, 0.2) is 60.7 Å². The normalized spacial score (nSPS) is 12.9. The van der Waals surface area contributed by atoms with Gasteiger partial charge in [-0.25, -0.2) is 4.79 Å². The van der Waals surface area contributed by atoms with E-state index >= 15 is 0 Å². The van der Waals surface area contributed by atoms with Gasteiger partial charge in [0.1, 0.15) is 5.69 Å². The van der Waals surface area contributed by atoms with Crippen LogP contribution in [-0.4, -0.2) is 44.4 Å². The molecule has 150 valence electrons. The molecular weight excluding hydrogens is 370 g/mol. The van der Waals surface area contributed by atoms with Crippen molar-refractivity contribution in [2.24, 2.45) is 0 Å². The van der Waals surface area contributed by atoms with Gasteiger partial charge < -0.3 is 15.5 Å². The van der Waals surface area contributed by atoms with Crippen molar-refractivity contribution in [3.8, 4) is 11.1 Å². The molecule has 7 heteroatoms. The van der Waals surface area contributed by atoms with Crippen molar-refractivity contribution in [2.75, 3.05) is 0 Å². The number of aromatic nitrogens is 2. The van der Waals surface area contributed by atoms with Crippen molar-refractivity contribution in [1.29, 1.82) is 0 Å². The molecule has 0 bridgehead atoms. The molecule has 0 saturated heterocycles. The highest BCUT2D eigenvalue weighted by molar-refractivity contribution is 5.92. The van der Waals surface area contributed by atoms with E-state index in [1.54, 1.807) is 13.0 Å². The Hall–Kier alpha value is -3.45. The quantitative estimate of drug-likeness (QED) is 0.469. The zero-order valence-corrected chi connectivity index (χ0v) is 16.0. The van der Waals surface area contributed by atoms with Gasteiger partial charge in [-0.2, -0.15) is 5.10 Å². The summed E-state index contributed by atoms with van der Waals surface area (Å²) in [5, 5.41) is 28.2. The Morgan fingerprint density at radius 3 is 2.31 bits per heavy atom. The standard InChI is InChI=1S/C22H23N3O4/c1-14-11-19(25-24-14)21(27)23-18(13-20(26)22(28)29)12-15-7-9-17(10-8-15)16-5-3-2-4-6-16/h2-11,18,20,26H,12-13H2,1H3,(H,23,27)(H,24,25)(H,28,29). The van der Waals surface area contributed by atoms with E-state index in [1.165, 1.54) is 0 Å². The first kappa shape index (κ1) is 20.3. The SMILES string of the molecule is Cc1cc(C(=O)NC(Cc2ccc(-c3ccccc3)cc2)CC(O)C(=O)O)n[nH]1. The second kappa shape index (κ2) is 9.16. The number of carboxylic acid groups (broad SMARTS) is 1. The fraction of sp³-hybridized carbons (Fsp3) is 0.227. The van der Waals surface area contributed by atoms with Gasteiger partial charge in [0.15, 0.2) is 6.10 Å². The lowest BCUT2D eigenvalue weighted by Crippen LogP contribution is -2.40. The number of aromatic amines is 1. The lowest BCUT2D eigenvalue weighted by molar-refractivity contribution is -0.147. The molecule has 3 aromatic rings. The number of nitrogens with zero attached hydrogens (tertiary/aromatic N) is 1. The summed E-state index contributed by atoms with van der Waals surface area (Å²) in [5.74, 6) is -1.74. The van der Waals surface area contributed by atoms with Gasteiger partial charge in [-0.15, -0.1) is 0 Å². The third-order valence-electron chi connectivity index (χ3n) is 4.61. The van der Waals surface area contributed by atoms with Gasteiger partial charge in [0.25, 0.3) is 5.91 Å². The predicted molar refractivity (Wildman–Crippen MR) is 108 cm³/mol. The molecule has 7 nitrogen and oxygen atoms in total. The molecule has 2 aromatic carbocycles. The highest BCUT2D eigenvalue weighted by Gasteiger charge is 2.23. The van der Waals surface area contributed by atoms with Gasteiger partial charge in [0.05, 0.1) is 0 Å². The van der Waals surface area contributed by atoms with E-state index in [-0.39, 0.29) is 12.1 Å². The van der Waals surface area contributed by atoms with E-state index < -0.39 is 24.0 Å². The van der Waals surface area contributed by atoms with Crippen molar-refractivity contribution < 1.29 is 19.8 Å². The number of hydrogen-bond donors (Lipinski definition) is 4. The molecule has 4 N–H and O–H groups in total. The van der Waals surface area contributed by atoms with Gasteiger partial charge in [0, 0.05) is 18.2 Å². The Morgan fingerprint density at radius 1 is 1.07 bits per heavy atom. The number of aryl methyl sites for hydroxylation is 1. The number of carbonyl (C=O) groups is 2. The number of hydrogen-bond acceptors (Lipinski definition) is 4. The van der Waals surface area contributed by atoms with E-state index in [2.05, 4.69) is 15.5 Å². The summed E-state index contributed by atoms with van der Waals surface area (Å²) >= 11 is 0. The minimum atomic E-state index is -1.56. The van der Waals surface area contributed by atoms with Crippen LogP contribution in [0.5, 0.6) is 0 Å². The molecule has 1 aromatic heterocycles. The summed E-state index contributed by atoms with van der Waals surface area (Å²) in [6, 6.07) is 18.8. The smallest absolute Gasteiger partial charge is 0.332 e. The van der Waals surface area contributed by atoms with Gasteiger partial charge in [-0.05, 0) is 36.1 Å². The summed E-state index contributed by atoms with van der Waals surface area (Å²) in [7, 11) is 0. The zero-order chi connectivity index (χ0) is 20.8. The average Bonchev–Trinajstić information content (AvgIpc) is 3.15. The fourth-order valence-corrected chi connectivity index (χ4v) is 3.11. The Kier molecular flexibility index (Phi) is 6.41. The molecule has 0 spiro atoms. The Bertz CT molecular complexity index is 967. The summed E-state index contributed by atoms with van der Waals surface area (Å²) in [6.07, 6.45) is -1.29. The molecule has 29 heavy (non-hydrogen) atoms. The Morgan fingerprint density at radius 2 is 1.72 bits per heavy atom. The number of benzene rings is 2. The molecule has 0 radical (unpaired) electrons. The maximum absolute atomic E-state index is 12.4. The van der Waals surface area contributed by atoms with Gasteiger partial charge in [0.2, 0.25) is 0 Å². The number of aliphatic hydroxyl groups excluding tert-OH is 1. The first-order valence-electron chi connectivity index (χ1n) is 9.30. The Balaban J connectivity index is 1.73. The third-order valence-corrected chi connectivity index (χ3v) is 4.61. The van der Waals surface area contributed by atoms with Gasteiger partial charge in [-0.1, -0.05) is 54.6 Å². The number of aliphatic carboxylic acids is 1. The number of amides is 1. The molecule has 2 unspecified atom stereocenters. The minimum absolute atomic E-state index is 0.106. The summed E-state index contributed by atoms with van der Waals surface area (Å²) in [6.45, 7) is 1.78. The Labute approximate surface area is 168 Å². The van der Waals surface area contributed by atoms with Crippen molar-refractivity contribution in [2.45, 2.75) is 31.9 Å². The zero-order valence-electron chi connectivity index (χ0n) is 16.0. The number of carbonyl (C=O) groups excluding carboxylic acids is 1. The number of H-pyrrole nitrogens is 1. The van der Waals surface area contributed by atoms with Crippen LogP contribution in [0.25, 0.3) is 11.1 Å².